The van der Waals surface area contributed by atoms with Gasteiger partial charge < -0.3 is 44.8 Å². The molecule has 0 fully saturated rings. The van der Waals surface area contributed by atoms with E-state index in [4.69, 9.17) is 0 Å². The number of aromatic amines is 1. The molecular weight excluding hydrogens is 368 g/mol. The zero-order valence-corrected chi connectivity index (χ0v) is 13.1. The first-order chi connectivity index (χ1) is 7.29. The Labute approximate surface area is 125 Å². The van der Waals surface area contributed by atoms with Crippen LogP contribution in [0, 0.1) is 0 Å². The van der Waals surface area contributed by atoms with Gasteiger partial charge in [-0.1, -0.05) is 17.4 Å². The molecule has 3 nitrogen and oxygen atoms in total. The van der Waals surface area contributed by atoms with E-state index in [2.05, 4.69) is 16.1 Å². The summed E-state index contributed by atoms with van der Waals surface area (Å²) in [6.07, 6.45) is 0.968. The number of rotatable bonds is 3. The van der Waals surface area contributed by atoms with Crippen LogP contribution in [0.2, 0.25) is 0 Å². The summed E-state index contributed by atoms with van der Waals surface area (Å²) in [6.45, 7) is 0.896. The maximum absolute atomic E-state index is 9.37. The van der Waals surface area contributed by atoms with Crippen LogP contribution in [-0.4, -0.2) is 11.7 Å². The summed E-state index contributed by atoms with van der Waals surface area (Å²) in [4.78, 5) is 3.32. The highest BCUT2D eigenvalue weighted by molar-refractivity contribution is 7.12. The summed E-state index contributed by atoms with van der Waals surface area (Å²) in [6, 6.07) is 7.26. The lowest BCUT2D eigenvalue weighted by Crippen LogP contribution is -3.00. The van der Waals surface area contributed by atoms with E-state index < -0.39 is 0 Å². The first-order valence-electron chi connectivity index (χ1n) is 4.88. The van der Waals surface area contributed by atoms with E-state index >= 15 is 0 Å². The predicted octanol–water partition coefficient (Wildman–Crippen LogP) is -5.27. The molecule has 5 N–H and O–H groups in total. The lowest BCUT2D eigenvalue weighted by atomic mass is 10.2. The fraction of sp³-hybridized carbons (Fsp3) is 0.182. The van der Waals surface area contributed by atoms with Crippen molar-refractivity contribution in [2.24, 2.45) is 0 Å². The average Bonchev–Trinajstić information content (AvgIpc) is 2.67. The van der Waals surface area contributed by atoms with Crippen molar-refractivity contribution in [3.05, 3.63) is 35.3 Å². The number of H-pyrrole nitrogens is 1. The molecule has 0 atom stereocenters. The second-order valence-corrected chi connectivity index (χ2v) is 4.25. The Morgan fingerprint density at radius 1 is 1.29 bits per heavy atom. The van der Waals surface area contributed by atoms with E-state index in [-0.39, 0.29) is 34.0 Å². The van der Waals surface area contributed by atoms with E-state index in [9.17, 15) is 5.11 Å². The van der Waals surface area contributed by atoms with Gasteiger partial charge in [0.2, 0.25) is 0 Å². The number of aromatic hydroxyl groups is 1. The fourth-order valence-electron chi connectivity index (χ4n) is 1.43. The number of phenolic OH excluding ortho intramolecular Hbond substituents is 1. The Hall–Kier alpha value is -0.430. The highest BCUT2D eigenvalue weighted by atomic mass is 79.9. The zero-order valence-electron chi connectivity index (χ0n) is 9.12. The van der Waals surface area contributed by atoms with Crippen LogP contribution in [0.4, 0.5) is 0 Å². The third-order valence-electron chi connectivity index (χ3n) is 2.15. The molecule has 94 valence electrons. The molecule has 1 aromatic heterocycles. The summed E-state index contributed by atoms with van der Waals surface area (Å²) < 4.78 is 0. The molecule has 1 heterocycles. The van der Waals surface area contributed by atoms with Crippen LogP contribution in [-0.2, 0) is 6.42 Å². The molecule has 0 spiro atoms. The minimum atomic E-state index is 0. The van der Waals surface area contributed by atoms with E-state index in [0.717, 1.165) is 23.5 Å². The van der Waals surface area contributed by atoms with Crippen molar-refractivity contribution in [2.75, 3.05) is 6.54 Å². The molecule has 2 rings (SSSR count). The number of benzene rings is 1. The van der Waals surface area contributed by atoms with Crippen molar-refractivity contribution in [1.29, 1.82) is 0 Å². The molecule has 0 aliphatic heterocycles. The van der Waals surface area contributed by atoms with Gasteiger partial charge in [-0.25, -0.2) is 0 Å². The molecule has 0 bridgehead atoms. The van der Waals surface area contributed by atoms with Crippen LogP contribution in [0.3, 0.4) is 0 Å². The van der Waals surface area contributed by atoms with Crippen LogP contribution >= 0.6 is 11.3 Å². The summed E-state index contributed by atoms with van der Waals surface area (Å²) in [5.74, 6) is 0.299. The predicted molar refractivity (Wildman–Crippen MR) is 59.4 cm³/mol. The van der Waals surface area contributed by atoms with Crippen molar-refractivity contribution < 1.29 is 49.8 Å². The molecule has 0 aliphatic rings. The molecule has 0 saturated carbocycles. The molecule has 0 unspecified atom stereocenters. The van der Waals surface area contributed by atoms with Crippen LogP contribution in [0.25, 0.3) is 10.6 Å². The largest absolute Gasteiger partial charge is 1.00 e. The topological polar surface area (TPSA) is 62.0 Å². The molecule has 0 amide bonds. The lowest BCUT2D eigenvalue weighted by Gasteiger charge is -1.92. The van der Waals surface area contributed by atoms with Gasteiger partial charge in [0.25, 0.3) is 5.01 Å². The number of halogens is 2. The van der Waals surface area contributed by atoms with Crippen LogP contribution in [0.5, 0.6) is 5.75 Å². The van der Waals surface area contributed by atoms with E-state index in [1.807, 2.05) is 12.1 Å². The first-order valence-corrected chi connectivity index (χ1v) is 5.76. The molecule has 2 aromatic rings. The minimum absolute atomic E-state index is 0. The van der Waals surface area contributed by atoms with E-state index in [1.54, 1.807) is 23.5 Å². The van der Waals surface area contributed by atoms with Crippen molar-refractivity contribution in [3.63, 3.8) is 0 Å². The molecule has 0 aliphatic carbocycles. The lowest BCUT2D eigenvalue weighted by molar-refractivity contribution is -0.394. The van der Waals surface area contributed by atoms with Gasteiger partial charge in [0.15, 0.2) is 5.69 Å². The Kier molecular flexibility index (Phi) is 7.61. The molecule has 17 heavy (non-hydrogen) atoms. The van der Waals surface area contributed by atoms with Crippen LogP contribution in [0.15, 0.2) is 29.6 Å². The molecule has 0 radical (unpaired) electrons. The van der Waals surface area contributed by atoms with Gasteiger partial charge in [-0.05, 0) is 18.2 Å². The van der Waals surface area contributed by atoms with Gasteiger partial charge in [0, 0.05) is 0 Å². The minimum Gasteiger partial charge on any atom is -1.00 e. The number of thiazole rings is 1. The molecule has 1 aromatic carbocycles. The molecular formula is C11H14Br2N2OS. The molecule has 0 saturated heterocycles. The average molecular weight is 382 g/mol. The summed E-state index contributed by atoms with van der Waals surface area (Å²) in [5, 5.41) is 12.5. The second kappa shape index (κ2) is 7.81. The Bertz CT molecular complexity index is 462. The van der Waals surface area contributed by atoms with Crippen molar-refractivity contribution in [1.82, 2.24) is 0 Å². The normalized spacial score (nSPS) is 9.24. The van der Waals surface area contributed by atoms with Crippen LogP contribution < -0.4 is 44.7 Å². The smallest absolute Gasteiger partial charge is 0.267 e. The van der Waals surface area contributed by atoms with Crippen LogP contribution in [0.1, 0.15) is 5.69 Å². The summed E-state index contributed by atoms with van der Waals surface area (Å²) in [7, 11) is 0. The van der Waals surface area contributed by atoms with Crippen molar-refractivity contribution in [2.45, 2.75) is 6.42 Å². The van der Waals surface area contributed by atoms with Gasteiger partial charge in [0.1, 0.15) is 5.75 Å². The van der Waals surface area contributed by atoms with Gasteiger partial charge in [-0.2, -0.15) is 4.98 Å². The van der Waals surface area contributed by atoms with E-state index in [0.29, 0.717) is 5.75 Å². The number of hydrogen-bond acceptors (Lipinski definition) is 2. The van der Waals surface area contributed by atoms with Crippen molar-refractivity contribution in [3.8, 4) is 16.3 Å². The third kappa shape index (κ3) is 4.39. The highest BCUT2D eigenvalue weighted by Crippen LogP contribution is 2.23. The van der Waals surface area contributed by atoms with Gasteiger partial charge >= 0.3 is 0 Å². The second-order valence-electron chi connectivity index (χ2n) is 3.37. The maximum Gasteiger partial charge on any atom is 0.267 e. The monoisotopic (exact) mass is 380 g/mol. The maximum atomic E-state index is 9.37. The SMILES string of the molecule is [Br-].[Br-].[NH3+]CCc1csc(-c2cccc(O)c2)[nH+]1. The number of quaternary nitrogens is 1. The summed E-state index contributed by atoms with van der Waals surface area (Å²) in [5.41, 5.74) is 6.05. The van der Waals surface area contributed by atoms with Gasteiger partial charge in [-0.3, -0.25) is 0 Å². The van der Waals surface area contributed by atoms with Gasteiger partial charge in [0.05, 0.1) is 23.9 Å². The quantitative estimate of drug-likeness (QED) is 0.548. The standard InChI is InChI=1S/C11H12N2OS.2BrH/c12-5-4-9-7-15-11(13-9)8-2-1-3-10(14)6-8;;/h1-3,6-7,14H,4-5,12H2;2*1H. The number of phenols is 1. The Balaban J connectivity index is 0.00000128. The fourth-order valence-corrected chi connectivity index (χ4v) is 2.32. The van der Waals surface area contributed by atoms with E-state index in [1.165, 1.54) is 5.69 Å². The Morgan fingerprint density at radius 3 is 2.71 bits per heavy atom. The Morgan fingerprint density at radius 2 is 2.06 bits per heavy atom. The number of aromatic nitrogens is 1. The molecule has 6 heteroatoms. The number of nitrogens with one attached hydrogen (secondary N) is 1. The number of hydrogen-bond donors (Lipinski definition) is 2. The summed E-state index contributed by atoms with van der Waals surface area (Å²) >= 11 is 1.66. The highest BCUT2D eigenvalue weighted by Gasteiger charge is 2.12. The van der Waals surface area contributed by atoms with Crippen molar-refractivity contribution >= 4 is 11.3 Å². The third-order valence-corrected chi connectivity index (χ3v) is 3.12. The van der Waals surface area contributed by atoms with Gasteiger partial charge in [-0.15, -0.1) is 0 Å². The first kappa shape index (κ1) is 16.6. The zero-order chi connectivity index (χ0) is 10.7.